The van der Waals surface area contributed by atoms with Gasteiger partial charge in [0, 0.05) is 17.1 Å². The number of aromatic nitrogens is 3. The topological polar surface area (TPSA) is 77.3 Å². The smallest absolute Gasteiger partial charge is 0.217 e. The molecular weight excluding hydrogens is 388 g/mol. The van der Waals surface area contributed by atoms with E-state index in [0.717, 1.165) is 22.1 Å². The van der Waals surface area contributed by atoms with Crippen molar-refractivity contribution in [3.8, 4) is 5.88 Å². The number of ether oxygens (including phenoxy) is 1. The molecule has 9 heteroatoms. The number of hydrogen-bond donors (Lipinski definition) is 0. The fraction of sp³-hybridized carbons (Fsp3) is 0.529. The monoisotopic (exact) mass is 412 g/mol. The van der Waals surface area contributed by atoms with Crippen molar-refractivity contribution in [1.82, 2.24) is 15.0 Å². The van der Waals surface area contributed by atoms with Crippen LogP contribution in [0, 0.1) is 6.92 Å². The number of thioether (sulfide) groups is 1. The number of rotatable bonds is 7. The van der Waals surface area contributed by atoms with Crippen molar-refractivity contribution in [2.75, 3.05) is 13.4 Å². The van der Waals surface area contributed by atoms with Gasteiger partial charge in [-0.2, -0.15) is 9.38 Å². The molecule has 2 aromatic heterocycles. The van der Waals surface area contributed by atoms with E-state index in [0.29, 0.717) is 23.9 Å². The van der Waals surface area contributed by atoms with E-state index in [4.69, 9.17) is 4.74 Å². The van der Waals surface area contributed by atoms with Gasteiger partial charge in [-0.15, -0.1) is 11.3 Å². The Labute approximate surface area is 165 Å². The molecule has 0 saturated heterocycles. The molecule has 2 aromatic rings. The number of methoxy groups -OCH3 is 1. The van der Waals surface area contributed by atoms with Gasteiger partial charge in [0.15, 0.2) is 5.16 Å². The summed E-state index contributed by atoms with van der Waals surface area (Å²) in [6, 6.07) is 1.82. The summed E-state index contributed by atoms with van der Waals surface area (Å²) in [5.41, 5.74) is 2.39. The molecule has 2 rings (SSSR count). The highest BCUT2D eigenvalue weighted by molar-refractivity contribution is 7.98. The number of aryl methyl sites for hydroxylation is 2. The first-order chi connectivity index (χ1) is 12.2. The van der Waals surface area contributed by atoms with Crippen LogP contribution in [0.3, 0.4) is 0 Å². The second-order valence-electron chi connectivity index (χ2n) is 6.54. The van der Waals surface area contributed by atoms with E-state index in [1.54, 1.807) is 18.4 Å². The molecule has 0 radical (unpaired) electrons. The summed E-state index contributed by atoms with van der Waals surface area (Å²) in [4.78, 5) is 13.3. The molecule has 0 saturated carbocycles. The standard InChI is InChI=1S/C17H24N4O2S3/c1-11-18-14(10-25-11)13(21-26(22)17(2,3)4)8-7-12-9-15(23-5)20-16(19-12)24-6/h9-10H,7-8H2,1-6H3/b21-13+/t26-/m1/s1. The third-order valence-electron chi connectivity index (χ3n) is 3.38. The van der Waals surface area contributed by atoms with E-state index < -0.39 is 15.7 Å². The summed E-state index contributed by atoms with van der Waals surface area (Å²) in [7, 11) is 0.253. The molecule has 26 heavy (non-hydrogen) atoms. The minimum absolute atomic E-state index is 0.416. The van der Waals surface area contributed by atoms with Gasteiger partial charge in [0.25, 0.3) is 0 Å². The number of hydrogen-bond acceptors (Lipinski definition) is 7. The first-order valence-electron chi connectivity index (χ1n) is 8.11. The van der Waals surface area contributed by atoms with E-state index >= 15 is 0 Å². The van der Waals surface area contributed by atoms with Crippen LogP contribution in [-0.4, -0.2) is 43.0 Å². The fourth-order valence-corrected chi connectivity index (χ4v) is 3.64. The van der Waals surface area contributed by atoms with Gasteiger partial charge in [-0.25, -0.2) is 14.2 Å². The zero-order chi connectivity index (χ0) is 19.3. The zero-order valence-electron chi connectivity index (χ0n) is 15.9. The van der Waals surface area contributed by atoms with Crippen molar-refractivity contribution < 1.29 is 8.95 Å². The van der Waals surface area contributed by atoms with E-state index in [1.807, 2.05) is 45.4 Å². The molecule has 0 aliphatic carbocycles. The van der Waals surface area contributed by atoms with E-state index in [9.17, 15) is 4.21 Å². The van der Waals surface area contributed by atoms with Crippen molar-refractivity contribution in [3.05, 3.63) is 27.8 Å². The summed E-state index contributed by atoms with van der Waals surface area (Å²) < 4.78 is 21.8. The maximum absolute atomic E-state index is 12.5. The Bertz CT molecular complexity index is 790. The van der Waals surface area contributed by atoms with Crippen molar-refractivity contribution in [1.29, 1.82) is 0 Å². The molecule has 0 aliphatic heterocycles. The summed E-state index contributed by atoms with van der Waals surface area (Å²) in [6.45, 7) is 7.69. The zero-order valence-corrected chi connectivity index (χ0v) is 18.3. The molecule has 0 N–H and O–H groups in total. The van der Waals surface area contributed by atoms with Crippen LogP contribution in [0.4, 0.5) is 0 Å². The van der Waals surface area contributed by atoms with Crippen molar-refractivity contribution >= 4 is 39.8 Å². The molecule has 0 bridgehead atoms. The van der Waals surface area contributed by atoms with Crippen LogP contribution in [-0.2, 0) is 17.4 Å². The summed E-state index contributed by atoms with van der Waals surface area (Å²) in [5.74, 6) is 0.542. The van der Waals surface area contributed by atoms with E-state index in [2.05, 4.69) is 19.3 Å². The van der Waals surface area contributed by atoms with Gasteiger partial charge in [0.05, 0.1) is 28.3 Å². The average Bonchev–Trinajstić information content (AvgIpc) is 3.03. The SMILES string of the molecule is COc1cc(CC/C(=N\[S@](=O)C(C)(C)C)c2csc(C)n2)nc(SC)n1. The maximum atomic E-state index is 12.5. The quantitative estimate of drug-likeness (QED) is 0.390. The highest BCUT2D eigenvalue weighted by Gasteiger charge is 2.21. The van der Waals surface area contributed by atoms with Crippen molar-refractivity contribution in [2.45, 2.75) is 50.4 Å². The molecule has 0 aromatic carbocycles. The summed E-state index contributed by atoms with van der Waals surface area (Å²) in [5, 5.41) is 3.59. The Balaban J connectivity index is 2.28. The van der Waals surface area contributed by atoms with Crippen LogP contribution in [0.25, 0.3) is 0 Å². The van der Waals surface area contributed by atoms with Crippen LogP contribution in [0.5, 0.6) is 5.88 Å². The number of nitrogens with zero attached hydrogens (tertiary/aromatic N) is 4. The second-order valence-corrected chi connectivity index (χ2v) is 10.3. The molecule has 0 amide bonds. The van der Waals surface area contributed by atoms with Crippen LogP contribution in [0.2, 0.25) is 0 Å². The molecule has 142 valence electrons. The van der Waals surface area contributed by atoms with Crippen LogP contribution < -0.4 is 4.74 Å². The van der Waals surface area contributed by atoms with E-state index in [-0.39, 0.29) is 0 Å². The third kappa shape index (κ3) is 5.85. The van der Waals surface area contributed by atoms with Gasteiger partial charge in [-0.3, -0.25) is 0 Å². The van der Waals surface area contributed by atoms with Crippen molar-refractivity contribution in [2.24, 2.45) is 4.40 Å². The third-order valence-corrected chi connectivity index (χ3v) is 6.13. The van der Waals surface area contributed by atoms with Gasteiger partial charge < -0.3 is 4.74 Å². The van der Waals surface area contributed by atoms with E-state index in [1.165, 1.54) is 11.8 Å². The molecular formula is C17H24N4O2S3. The lowest BCUT2D eigenvalue weighted by atomic mass is 10.1. The largest absolute Gasteiger partial charge is 0.481 e. The molecule has 6 nitrogen and oxygen atoms in total. The Kier molecular flexibility index (Phi) is 7.31. The van der Waals surface area contributed by atoms with Crippen LogP contribution >= 0.6 is 23.1 Å². The maximum Gasteiger partial charge on any atom is 0.217 e. The molecule has 0 unspecified atom stereocenters. The lowest BCUT2D eigenvalue weighted by molar-refractivity contribution is 0.391. The molecule has 0 fully saturated rings. The number of thiazole rings is 1. The Morgan fingerprint density at radius 3 is 2.62 bits per heavy atom. The highest BCUT2D eigenvalue weighted by Crippen LogP contribution is 2.20. The average molecular weight is 413 g/mol. The molecule has 0 aliphatic rings. The van der Waals surface area contributed by atoms with Gasteiger partial charge in [0.2, 0.25) is 5.88 Å². The Morgan fingerprint density at radius 2 is 2.08 bits per heavy atom. The summed E-state index contributed by atoms with van der Waals surface area (Å²) >= 11 is 3.03. The predicted octanol–water partition coefficient (Wildman–Crippen LogP) is 3.86. The van der Waals surface area contributed by atoms with Crippen LogP contribution in [0.15, 0.2) is 21.0 Å². The molecule has 0 spiro atoms. The minimum Gasteiger partial charge on any atom is -0.481 e. The predicted molar refractivity (Wildman–Crippen MR) is 110 cm³/mol. The lowest BCUT2D eigenvalue weighted by Gasteiger charge is -2.14. The van der Waals surface area contributed by atoms with Gasteiger partial charge >= 0.3 is 0 Å². The van der Waals surface area contributed by atoms with Gasteiger partial charge in [-0.05, 0) is 46.8 Å². The molecule has 1 atom stereocenters. The Hall–Kier alpha value is -1.32. The van der Waals surface area contributed by atoms with Gasteiger partial charge in [-0.1, -0.05) is 11.8 Å². The first-order valence-corrected chi connectivity index (χ1v) is 11.3. The molecule has 2 heterocycles. The normalized spacial score (nSPS) is 13.7. The highest BCUT2D eigenvalue weighted by atomic mass is 32.2. The summed E-state index contributed by atoms with van der Waals surface area (Å²) in [6.07, 6.45) is 3.16. The minimum atomic E-state index is -1.34. The lowest BCUT2D eigenvalue weighted by Crippen LogP contribution is -2.21. The van der Waals surface area contributed by atoms with Gasteiger partial charge in [0.1, 0.15) is 11.0 Å². The first kappa shape index (κ1) is 21.0. The second kappa shape index (κ2) is 9.05. The van der Waals surface area contributed by atoms with Crippen LogP contribution in [0.1, 0.15) is 43.6 Å². The fourth-order valence-electron chi connectivity index (χ4n) is 1.97. The van der Waals surface area contributed by atoms with Crippen molar-refractivity contribution in [3.63, 3.8) is 0 Å². The Morgan fingerprint density at radius 1 is 1.35 bits per heavy atom.